The summed E-state index contributed by atoms with van der Waals surface area (Å²) in [5, 5.41) is 0. The van der Waals surface area contributed by atoms with Crippen LogP contribution in [0.2, 0.25) is 0 Å². The van der Waals surface area contributed by atoms with E-state index in [0.29, 0.717) is 0 Å². The molecule has 0 fully saturated rings. The van der Waals surface area contributed by atoms with Crippen LogP contribution < -0.4 is 0 Å². The van der Waals surface area contributed by atoms with Crippen LogP contribution in [0.5, 0.6) is 0 Å². The Hall–Kier alpha value is -1.75. The van der Waals surface area contributed by atoms with Gasteiger partial charge in [0.1, 0.15) is 12.2 Å². The van der Waals surface area contributed by atoms with Crippen LogP contribution in [0.15, 0.2) is 25.3 Å². The standard InChI is InChI=1S/C16H26O9S/c1-5-15(17)24-13(3)11-21-7-8-23-26(19,20)10-9-22-12-14(4)25-16(18)6-2/h5-6,13-14H,1-2,7-12H2,3-4H3. The van der Waals surface area contributed by atoms with E-state index in [4.69, 9.17) is 23.1 Å². The van der Waals surface area contributed by atoms with E-state index in [1.54, 1.807) is 13.8 Å². The third-order valence-electron chi connectivity index (χ3n) is 2.64. The number of esters is 2. The maximum atomic E-state index is 11.6. The second-order valence-corrected chi connectivity index (χ2v) is 6.90. The van der Waals surface area contributed by atoms with Crippen LogP contribution >= 0.6 is 0 Å². The molecule has 0 aromatic rings. The predicted molar refractivity (Wildman–Crippen MR) is 92.9 cm³/mol. The largest absolute Gasteiger partial charge is 0.457 e. The lowest BCUT2D eigenvalue weighted by Gasteiger charge is -2.13. The smallest absolute Gasteiger partial charge is 0.330 e. The van der Waals surface area contributed by atoms with E-state index in [0.717, 1.165) is 12.2 Å². The Labute approximate surface area is 154 Å². The van der Waals surface area contributed by atoms with Gasteiger partial charge in [0.2, 0.25) is 0 Å². The van der Waals surface area contributed by atoms with Gasteiger partial charge in [0.15, 0.2) is 0 Å². The highest BCUT2D eigenvalue weighted by Crippen LogP contribution is 1.98. The molecule has 0 radical (unpaired) electrons. The van der Waals surface area contributed by atoms with Crippen molar-refractivity contribution in [1.82, 2.24) is 0 Å². The van der Waals surface area contributed by atoms with Gasteiger partial charge >= 0.3 is 11.9 Å². The second-order valence-electron chi connectivity index (χ2n) is 5.14. The minimum Gasteiger partial charge on any atom is -0.457 e. The zero-order chi connectivity index (χ0) is 20.0. The van der Waals surface area contributed by atoms with Crippen molar-refractivity contribution in [2.75, 3.05) is 38.8 Å². The van der Waals surface area contributed by atoms with Gasteiger partial charge in [-0.15, -0.1) is 0 Å². The number of carbonyl (C=O) groups is 2. The van der Waals surface area contributed by atoms with E-state index in [2.05, 4.69) is 13.2 Å². The molecule has 2 unspecified atom stereocenters. The average molecular weight is 394 g/mol. The highest BCUT2D eigenvalue weighted by molar-refractivity contribution is 7.86. The molecule has 0 saturated heterocycles. The molecule has 10 heteroatoms. The molecule has 150 valence electrons. The quantitative estimate of drug-likeness (QED) is 0.170. The average Bonchev–Trinajstić information content (AvgIpc) is 2.58. The molecule has 9 nitrogen and oxygen atoms in total. The number of hydrogen-bond donors (Lipinski definition) is 0. The zero-order valence-corrected chi connectivity index (χ0v) is 15.9. The molecular formula is C16H26O9S. The van der Waals surface area contributed by atoms with E-state index in [1.807, 2.05) is 0 Å². The number of rotatable bonds is 15. The van der Waals surface area contributed by atoms with Gasteiger partial charge in [-0.2, -0.15) is 8.42 Å². The topological polar surface area (TPSA) is 114 Å². The first kappa shape index (κ1) is 24.2. The summed E-state index contributed by atoms with van der Waals surface area (Å²) in [7, 11) is -3.76. The summed E-state index contributed by atoms with van der Waals surface area (Å²) < 4.78 is 48.0. The van der Waals surface area contributed by atoms with Crippen molar-refractivity contribution in [3.05, 3.63) is 25.3 Å². The third kappa shape index (κ3) is 13.5. The Kier molecular flexibility index (Phi) is 12.5. The molecule has 0 aliphatic heterocycles. The first-order valence-corrected chi connectivity index (χ1v) is 9.46. The van der Waals surface area contributed by atoms with Crippen LogP contribution in [0.1, 0.15) is 13.8 Å². The maximum absolute atomic E-state index is 11.6. The van der Waals surface area contributed by atoms with E-state index in [-0.39, 0.29) is 38.8 Å². The van der Waals surface area contributed by atoms with Crippen LogP contribution in [0, 0.1) is 0 Å². The summed E-state index contributed by atoms with van der Waals surface area (Å²) >= 11 is 0. The Morgan fingerprint density at radius 1 is 0.885 bits per heavy atom. The highest BCUT2D eigenvalue weighted by Gasteiger charge is 2.13. The summed E-state index contributed by atoms with van der Waals surface area (Å²) in [6.45, 7) is 9.67. The molecule has 26 heavy (non-hydrogen) atoms. The minimum atomic E-state index is -3.76. The first-order chi connectivity index (χ1) is 12.2. The fourth-order valence-electron chi connectivity index (χ4n) is 1.50. The van der Waals surface area contributed by atoms with Gasteiger partial charge in [-0.1, -0.05) is 13.2 Å². The van der Waals surface area contributed by atoms with Crippen LogP contribution in [-0.2, 0) is 42.8 Å². The van der Waals surface area contributed by atoms with Gasteiger partial charge in [0, 0.05) is 12.2 Å². The molecule has 0 aliphatic rings. The Bertz CT molecular complexity index is 556. The molecule has 0 bridgehead atoms. The lowest BCUT2D eigenvalue weighted by Crippen LogP contribution is -2.23. The number of carbonyl (C=O) groups excluding carboxylic acids is 2. The van der Waals surface area contributed by atoms with Crippen LogP contribution in [-0.4, -0.2) is 71.4 Å². The van der Waals surface area contributed by atoms with Gasteiger partial charge in [0.25, 0.3) is 10.1 Å². The molecule has 0 N–H and O–H groups in total. The first-order valence-electron chi connectivity index (χ1n) is 7.88. The lowest BCUT2D eigenvalue weighted by atomic mass is 10.4. The van der Waals surface area contributed by atoms with Crippen molar-refractivity contribution in [1.29, 1.82) is 0 Å². The SMILES string of the molecule is C=CC(=O)OC(C)COCCOS(=O)(=O)CCOCC(C)OC(=O)C=C. The zero-order valence-electron chi connectivity index (χ0n) is 15.0. The molecule has 0 aromatic carbocycles. The fraction of sp³-hybridized carbons (Fsp3) is 0.625. The lowest BCUT2D eigenvalue weighted by molar-refractivity contribution is -0.145. The molecule has 0 saturated carbocycles. The molecule has 0 amide bonds. The van der Waals surface area contributed by atoms with Crippen molar-refractivity contribution in [3.63, 3.8) is 0 Å². The van der Waals surface area contributed by atoms with Crippen LogP contribution in [0.4, 0.5) is 0 Å². The molecule has 0 spiro atoms. The summed E-state index contributed by atoms with van der Waals surface area (Å²) in [4.78, 5) is 21.9. The Morgan fingerprint density at radius 3 is 1.81 bits per heavy atom. The highest BCUT2D eigenvalue weighted by atomic mass is 32.2. The van der Waals surface area contributed by atoms with Gasteiger partial charge in [-0.05, 0) is 13.8 Å². The summed E-state index contributed by atoms with van der Waals surface area (Å²) in [5.74, 6) is -1.48. The van der Waals surface area contributed by atoms with E-state index < -0.39 is 34.3 Å². The van der Waals surface area contributed by atoms with Crippen LogP contribution in [0.3, 0.4) is 0 Å². The normalized spacial score (nSPS) is 13.5. The second kappa shape index (κ2) is 13.5. The van der Waals surface area contributed by atoms with Gasteiger partial charge in [0.05, 0.1) is 38.8 Å². The molecule has 0 aliphatic carbocycles. The summed E-state index contributed by atoms with van der Waals surface area (Å²) in [5.41, 5.74) is 0. The molecule has 0 rings (SSSR count). The minimum absolute atomic E-state index is 0.0185. The van der Waals surface area contributed by atoms with E-state index in [9.17, 15) is 18.0 Å². The van der Waals surface area contributed by atoms with Crippen LogP contribution in [0.25, 0.3) is 0 Å². The fourth-order valence-corrected chi connectivity index (χ4v) is 2.26. The monoisotopic (exact) mass is 394 g/mol. The van der Waals surface area contributed by atoms with E-state index in [1.165, 1.54) is 0 Å². The molecule has 0 heterocycles. The molecule has 0 aromatic heterocycles. The summed E-state index contributed by atoms with van der Waals surface area (Å²) in [6.07, 6.45) is 1.07. The van der Waals surface area contributed by atoms with Gasteiger partial charge in [-0.25, -0.2) is 9.59 Å². The van der Waals surface area contributed by atoms with Gasteiger partial charge < -0.3 is 18.9 Å². The van der Waals surface area contributed by atoms with Crippen molar-refractivity contribution < 1.29 is 41.1 Å². The maximum Gasteiger partial charge on any atom is 0.330 e. The molecule has 2 atom stereocenters. The Morgan fingerprint density at radius 2 is 1.35 bits per heavy atom. The third-order valence-corrected chi connectivity index (χ3v) is 3.83. The van der Waals surface area contributed by atoms with E-state index >= 15 is 0 Å². The molecular weight excluding hydrogens is 368 g/mol. The predicted octanol–water partition coefficient (Wildman–Crippen LogP) is 0.601. The number of hydrogen-bond acceptors (Lipinski definition) is 9. The Balaban J connectivity index is 3.79. The number of ether oxygens (including phenoxy) is 4. The van der Waals surface area contributed by atoms with Crippen molar-refractivity contribution in [3.8, 4) is 0 Å². The van der Waals surface area contributed by atoms with Crippen molar-refractivity contribution >= 4 is 22.1 Å². The van der Waals surface area contributed by atoms with Crippen molar-refractivity contribution in [2.24, 2.45) is 0 Å². The van der Waals surface area contributed by atoms with Gasteiger partial charge in [-0.3, -0.25) is 4.18 Å². The summed E-state index contributed by atoms with van der Waals surface area (Å²) in [6, 6.07) is 0. The van der Waals surface area contributed by atoms with Crippen molar-refractivity contribution in [2.45, 2.75) is 26.1 Å².